The highest BCUT2D eigenvalue weighted by Gasteiger charge is 2.12. The van der Waals surface area contributed by atoms with E-state index in [9.17, 15) is 4.79 Å². The van der Waals surface area contributed by atoms with Crippen LogP contribution in [0.1, 0.15) is 25.8 Å². The van der Waals surface area contributed by atoms with E-state index < -0.39 is 0 Å². The second-order valence-electron chi connectivity index (χ2n) is 4.20. The minimum atomic E-state index is 0.0940. The summed E-state index contributed by atoms with van der Waals surface area (Å²) < 4.78 is 0.884. The third-order valence-corrected chi connectivity index (χ3v) is 5.36. The number of carbonyl (C=O) groups is 1. The molecule has 98 valence electrons. The molecule has 0 bridgehead atoms. The highest BCUT2D eigenvalue weighted by molar-refractivity contribution is 8.47. The number of carbonyl (C=O) groups excluding carboxylic acids is 1. The van der Waals surface area contributed by atoms with Gasteiger partial charge in [0.2, 0.25) is 0 Å². The molecule has 1 aromatic rings. The van der Waals surface area contributed by atoms with Crippen LogP contribution in [0.25, 0.3) is 0 Å². The summed E-state index contributed by atoms with van der Waals surface area (Å²) in [7, 11) is 0. The summed E-state index contributed by atoms with van der Waals surface area (Å²) in [4.78, 5) is 12.6. The first kappa shape index (κ1) is 15.7. The van der Waals surface area contributed by atoms with Gasteiger partial charge in [-0.05, 0) is 19.1 Å². The highest BCUT2D eigenvalue weighted by atomic mass is 32.2. The summed E-state index contributed by atoms with van der Waals surface area (Å²) >= 11 is 8.52. The molecule has 0 saturated heterocycles. The zero-order chi connectivity index (χ0) is 13.5. The predicted octanol–water partition coefficient (Wildman–Crippen LogP) is 4.72. The Labute approximate surface area is 123 Å². The fourth-order valence-electron chi connectivity index (χ4n) is 1.37. The number of rotatable bonds is 5. The lowest BCUT2D eigenvalue weighted by atomic mass is 10.1. The maximum atomic E-state index is 11.5. The topological polar surface area (TPSA) is 17.1 Å². The van der Waals surface area contributed by atoms with Crippen LogP contribution in [0.5, 0.6) is 0 Å². The minimum Gasteiger partial charge on any atom is -0.299 e. The Balaban J connectivity index is 2.38. The van der Waals surface area contributed by atoms with Crippen molar-refractivity contribution in [1.29, 1.82) is 0 Å². The van der Waals surface area contributed by atoms with Gasteiger partial charge in [-0.25, -0.2) is 0 Å². The van der Waals surface area contributed by atoms with Crippen LogP contribution >= 0.6 is 35.7 Å². The second-order valence-corrected chi connectivity index (χ2v) is 7.49. The van der Waals surface area contributed by atoms with Crippen molar-refractivity contribution in [2.75, 3.05) is 5.75 Å². The zero-order valence-corrected chi connectivity index (χ0v) is 13.4. The van der Waals surface area contributed by atoms with Gasteiger partial charge in [0.05, 0.1) is 0 Å². The molecule has 0 spiro atoms. The molecule has 4 heteroatoms. The normalized spacial score (nSPS) is 12.2. The molecule has 0 fully saturated rings. The van der Waals surface area contributed by atoms with Gasteiger partial charge in [0.15, 0.2) is 0 Å². The van der Waals surface area contributed by atoms with Gasteiger partial charge in [0.25, 0.3) is 0 Å². The molecule has 1 unspecified atom stereocenters. The number of aryl methyl sites for hydroxylation is 1. The van der Waals surface area contributed by atoms with Crippen molar-refractivity contribution in [1.82, 2.24) is 0 Å². The van der Waals surface area contributed by atoms with Gasteiger partial charge in [-0.2, -0.15) is 0 Å². The Morgan fingerprint density at radius 3 is 2.50 bits per heavy atom. The summed E-state index contributed by atoms with van der Waals surface area (Å²) in [6.07, 6.45) is 0.611. The molecule has 1 rings (SSSR count). The molecule has 1 aromatic carbocycles. The van der Waals surface area contributed by atoms with Crippen LogP contribution in [0.3, 0.4) is 0 Å². The van der Waals surface area contributed by atoms with E-state index in [0.29, 0.717) is 12.2 Å². The summed E-state index contributed by atoms with van der Waals surface area (Å²) in [6, 6.07) is 8.32. The van der Waals surface area contributed by atoms with Crippen LogP contribution in [0.15, 0.2) is 29.2 Å². The first-order valence-electron chi connectivity index (χ1n) is 5.97. The van der Waals surface area contributed by atoms with Gasteiger partial charge in [-0.1, -0.05) is 55.5 Å². The maximum absolute atomic E-state index is 11.5. The third kappa shape index (κ3) is 5.55. The van der Waals surface area contributed by atoms with Gasteiger partial charge in [-0.15, -0.1) is 11.8 Å². The molecule has 1 nitrogen and oxygen atoms in total. The van der Waals surface area contributed by atoms with E-state index >= 15 is 0 Å². The second kappa shape index (κ2) is 7.97. The van der Waals surface area contributed by atoms with E-state index in [1.165, 1.54) is 5.56 Å². The van der Waals surface area contributed by atoms with Crippen LogP contribution in [0.4, 0.5) is 0 Å². The van der Waals surface area contributed by atoms with E-state index in [1.54, 1.807) is 23.5 Å². The summed E-state index contributed by atoms with van der Waals surface area (Å²) in [5.74, 6) is 1.19. The fraction of sp³-hybridized carbons (Fsp3) is 0.429. The number of thiocarbonyl (C=S) groups is 1. The highest BCUT2D eigenvalue weighted by Crippen LogP contribution is 2.27. The van der Waals surface area contributed by atoms with Crippen LogP contribution in [0, 0.1) is 12.8 Å². The number of Topliss-reactive ketones (excluding diaryl/α,β-unsaturated/α-hetero) is 1. The van der Waals surface area contributed by atoms with Crippen LogP contribution in [-0.4, -0.2) is 15.1 Å². The fourth-order valence-corrected chi connectivity index (χ4v) is 3.62. The maximum Gasteiger partial charge on any atom is 0.136 e. The molecule has 0 aromatic heterocycles. The first-order chi connectivity index (χ1) is 8.52. The largest absolute Gasteiger partial charge is 0.299 e. The molecule has 0 aliphatic carbocycles. The van der Waals surface area contributed by atoms with Gasteiger partial charge in [-0.3, -0.25) is 4.79 Å². The van der Waals surface area contributed by atoms with Crippen molar-refractivity contribution in [3.63, 3.8) is 0 Å². The van der Waals surface area contributed by atoms with Crippen molar-refractivity contribution >= 4 is 45.1 Å². The van der Waals surface area contributed by atoms with Gasteiger partial charge in [0, 0.05) is 23.0 Å². The van der Waals surface area contributed by atoms with E-state index in [1.807, 2.05) is 13.8 Å². The summed E-state index contributed by atoms with van der Waals surface area (Å²) in [5.41, 5.74) is 1.25. The monoisotopic (exact) mass is 298 g/mol. The van der Waals surface area contributed by atoms with Gasteiger partial charge < -0.3 is 0 Å². The summed E-state index contributed by atoms with van der Waals surface area (Å²) in [5, 5.41) is 0. The van der Waals surface area contributed by atoms with E-state index in [4.69, 9.17) is 12.2 Å². The SMILES string of the molecule is CCC(=O)C(C)CSC(=S)Sc1ccc(C)cc1. The molecular weight excluding hydrogens is 280 g/mol. The van der Waals surface area contributed by atoms with Crippen molar-refractivity contribution in [3.05, 3.63) is 29.8 Å². The average molecular weight is 298 g/mol. The first-order valence-corrected chi connectivity index (χ1v) is 8.18. The number of hydrogen-bond acceptors (Lipinski definition) is 4. The minimum absolute atomic E-state index is 0.0940. The lowest BCUT2D eigenvalue weighted by Crippen LogP contribution is -2.12. The molecule has 0 saturated carbocycles. The van der Waals surface area contributed by atoms with Crippen molar-refractivity contribution in [2.45, 2.75) is 32.1 Å². The smallest absolute Gasteiger partial charge is 0.136 e. The quantitative estimate of drug-likeness (QED) is 0.577. The van der Waals surface area contributed by atoms with Crippen molar-refractivity contribution < 1.29 is 4.79 Å². The van der Waals surface area contributed by atoms with E-state index in [-0.39, 0.29) is 5.92 Å². The molecule has 18 heavy (non-hydrogen) atoms. The van der Waals surface area contributed by atoms with E-state index in [0.717, 1.165) is 14.2 Å². The molecule has 0 amide bonds. The number of benzene rings is 1. The number of ketones is 1. The van der Waals surface area contributed by atoms with Crippen molar-refractivity contribution in [3.8, 4) is 0 Å². The Morgan fingerprint density at radius 2 is 1.94 bits per heavy atom. The van der Waals surface area contributed by atoms with Crippen LogP contribution in [0.2, 0.25) is 0 Å². The van der Waals surface area contributed by atoms with Crippen molar-refractivity contribution in [2.24, 2.45) is 5.92 Å². The van der Waals surface area contributed by atoms with Gasteiger partial charge >= 0.3 is 0 Å². The van der Waals surface area contributed by atoms with Gasteiger partial charge in [0.1, 0.15) is 9.31 Å². The standard InChI is InChI=1S/C14H18OS3/c1-4-13(15)11(3)9-17-14(16)18-12-7-5-10(2)6-8-12/h5-8,11H,4,9H2,1-3H3. The lowest BCUT2D eigenvalue weighted by Gasteiger charge is -2.09. The lowest BCUT2D eigenvalue weighted by molar-refractivity contribution is -0.121. The average Bonchev–Trinajstić information content (AvgIpc) is 2.37. The Hall–Kier alpha value is -0.320. The number of hydrogen-bond donors (Lipinski definition) is 0. The Bertz CT molecular complexity index is 412. The van der Waals surface area contributed by atoms with Crippen LogP contribution in [-0.2, 0) is 4.79 Å². The Morgan fingerprint density at radius 1 is 1.33 bits per heavy atom. The molecule has 0 aliphatic heterocycles. The molecule has 0 N–H and O–H groups in total. The van der Waals surface area contributed by atoms with E-state index in [2.05, 4.69) is 31.2 Å². The zero-order valence-electron chi connectivity index (χ0n) is 10.9. The van der Waals surface area contributed by atoms with Crippen LogP contribution < -0.4 is 0 Å². The molecule has 0 radical (unpaired) electrons. The summed E-state index contributed by atoms with van der Waals surface area (Å²) in [6.45, 7) is 5.94. The predicted molar refractivity (Wildman–Crippen MR) is 86.6 cm³/mol. The number of thioether (sulfide) groups is 2. The molecule has 0 aliphatic rings. The molecule has 1 atom stereocenters. The Kier molecular flexibility index (Phi) is 6.97. The molecule has 0 heterocycles. The third-order valence-electron chi connectivity index (χ3n) is 2.57. The molecular formula is C14H18OS3.